The maximum atomic E-state index is 11.9. The van der Waals surface area contributed by atoms with E-state index in [1.807, 2.05) is 24.4 Å². The van der Waals surface area contributed by atoms with Gasteiger partial charge in [0.25, 0.3) is 0 Å². The van der Waals surface area contributed by atoms with Crippen LogP contribution in [-0.4, -0.2) is 33.3 Å². The van der Waals surface area contributed by atoms with Crippen molar-refractivity contribution in [1.29, 1.82) is 0 Å². The topological polar surface area (TPSA) is 58.2 Å². The summed E-state index contributed by atoms with van der Waals surface area (Å²) >= 11 is 1.65. The molecule has 1 rings (SSSR count). The van der Waals surface area contributed by atoms with Crippen LogP contribution in [0.1, 0.15) is 18.7 Å². The van der Waals surface area contributed by atoms with Crippen LogP contribution in [0.15, 0.2) is 17.5 Å². The van der Waals surface area contributed by atoms with Gasteiger partial charge in [0.1, 0.15) is 0 Å². The van der Waals surface area contributed by atoms with E-state index in [0.717, 1.165) is 6.42 Å². The van der Waals surface area contributed by atoms with Gasteiger partial charge in [0.05, 0.1) is 5.25 Å². The van der Waals surface area contributed by atoms with Crippen LogP contribution in [0.2, 0.25) is 0 Å². The van der Waals surface area contributed by atoms with E-state index in [1.165, 1.54) is 4.88 Å². The second kappa shape index (κ2) is 6.49. The van der Waals surface area contributed by atoms with Crippen LogP contribution in [0.5, 0.6) is 0 Å². The summed E-state index contributed by atoms with van der Waals surface area (Å²) in [7, 11) is -1.48. The van der Waals surface area contributed by atoms with Gasteiger partial charge in [-0.2, -0.15) is 0 Å². The van der Waals surface area contributed by atoms with E-state index >= 15 is 0 Å². The fourth-order valence-corrected chi connectivity index (χ4v) is 3.66. The van der Waals surface area contributed by atoms with Crippen LogP contribution in [0, 0.1) is 0 Å². The number of hydrogen-bond acceptors (Lipinski definition) is 4. The minimum absolute atomic E-state index is 0.0713. The predicted molar refractivity (Wildman–Crippen MR) is 72.9 cm³/mol. The van der Waals surface area contributed by atoms with Gasteiger partial charge in [-0.15, -0.1) is 11.3 Å². The van der Waals surface area contributed by atoms with Gasteiger partial charge in [-0.05, 0) is 38.8 Å². The van der Waals surface area contributed by atoms with Gasteiger partial charge in [0, 0.05) is 17.5 Å². The van der Waals surface area contributed by atoms with Crippen LogP contribution in [0.25, 0.3) is 0 Å². The summed E-state index contributed by atoms with van der Waals surface area (Å²) in [5, 5.41) is 4.46. The average molecular weight is 276 g/mol. The monoisotopic (exact) mass is 276 g/mol. The Morgan fingerprint density at radius 2 is 2.12 bits per heavy atom. The Labute approximate surface area is 107 Å². The highest BCUT2D eigenvalue weighted by Gasteiger charge is 2.22. The van der Waals surface area contributed by atoms with Crippen molar-refractivity contribution in [3.8, 4) is 0 Å². The molecule has 2 N–H and O–H groups in total. The van der Waals surface area contributed by atoms with E-state index in [9.17, 15) is 8.42 Å². The minimum atomic E-state index is -3.23. The van der Waals surface area contributed by atoms with Crippen molar-refractivity contribution >= 4 is 21.4 Å². The predicted octanol–water partition coefficient (Wildman–Crippen LogP) is 1.21. The van der Waals surface area contributed by atoms with Gasteiger partial charge >= 0.3 is 0 Å². The summed E-state index contributed by atoms with van der Waals surface area (Å²) in [6.45, 7) is 4.06. The summed E-state index contributed by atoms with van der Waals surface area (Å²) in [4.78, 5) is 1.20. The molecule has 0 saturated heterocycles. The average Bonchev–Trinajstić information content (AvgIpc) is 2.69. The van der Waals surface area contributed by atoms with Crippen LogP contribution in [0.4, 0.5) is 0 Å². The van der Waals surface area contributed by atoms with Crippen molar-refractivity contribution in [2.45, 2.75) is 31.6 Å². The van der Waals surface area contributed by atoms with Crippen LogP contribution < -0.4 is 10.0 Å². The molecule has 0 amide bonds. The molecule has 17 heavy (non-hydrogen) atoms. The Balaban J connectivity index is 2.52. The molecule has 1 aromatic rings. The number of hydrogen-bond donors (Lipinski definition) is 2. The van der Waals surface area contributed by atoms with Crippen molar-refractivity contribution in [3.05, 3.63) is 22.4 Å². The third kappa shape index (κ3) is 4.75. The zero-order valence-electron chi connectivity index (χ0n) is 10.4. The standard InChI is InChI=1S/C11H20N2O2S2/c1-9(7-11-5-4-6-16-11)13-17(14,15)10(2)8-12-3/h4-6,9-10,12-13H,7-8H2,1-3H3. The summed E-state index contributed by atoms with van der Waals surface area (Å²) in [6.07, 6.45) is 0.739. The molecule has 2 atom stereocenters. The Hall–Kier alpha value is -0.430. The third-order valence-electron chi connectivity index (χ3n) is 2.47. The van der Waals surface area contributed by atoms with Crippen molar-refractivity contribution in [2.75, 3.05) is 13.6 Å². The van der Waals surface area contributed by atoms with Crippen LogP contribution in [-0.2, 0) is 16.4 Å². The van der Waals surface area contributed by atoms with E-state index in [-0.39, 0.29) is 6.04 Å². The molecule has 0 aromatic carbocycles. The highest BCUT2D eigenvalue weighted by molar-refractivity contribution is 7.90. The van der Waals surface area contributed by atoms with Crippen molar-refractivity contribution in [3.63, 3.8) is 0 Å². The molecular weight excluding hydrogens is 256 g/mol. The lowest BCUT2D eigenvalue weighted by molar-refractivity contribution is 0.544. The SMILES string of the molecule is CNCC(C)S(=O)(=O)NC(C)Cc1cccs1. The van der Waals surface area contributed by atoms with E-state index in [0.29, 0.717) is 6.54 Å². The lowest BCUT2D eigenvalue weighted by atomic mass is 10.2. The molecule has 1 heterocycles. The molecule has 4 nitrogen and oxygen atoms in total. The highest BCUT2D eigenvalue weighted by atomic mass is 32.2. The first-order valence-electron chi connectivity index (χ1n) is 5.64. The Morgan fingerprint density at radius 1 is 1.41 bits per heavy atom. The first-order valence-corrected chi connectivity index (χ1v) is 8.06. The fraction of sp³-hybridized carbons (Fsp3) is 0.636. The molecule has 0 spiro atoms. The summed E-state index contributed by atoms with van der Waals surface area (Å²) in [5.74, 6) is 0. The largest absolute Gasteiger partial charge is 0.318 e. The smallest absolute Gasteiger partial charge is 0.215 e. The quantitative estimate of drug-likeness (QED) is 0.787. The lowest BCUT2D eigenvalue weighted by Crippen LogP contribution is -2.42. The van der Waals surface area contributed by atoms with Gasteiger partial charge < -0.3 is 5.32 Å². The molecule has 98 valence electrons. The van der Waals surface area contributed by atoms with Crippen LogP contribution in [0.3, 0.4) is 0 Å². The Morgan fingerprint density at radius 3 is 2.65 bits per heavy atom. The van der Waals surface area contributed by atoms with E-state index in [1.54, 1.807) is 25.3 Å². The van der Waals surface area contributed by atoms with E-state index < -0.39 is 15.3 Å². The number of thiophene rings is 1. The van der Waals surface area contributed by atoms with Crippen molar-refractivity contribution in [2.24, 2.45) is 0 Å². The minimum Gasteiger partial charge on any atom is -0.318 e. The second-order valence-electron chi connectivity index (χ2n) is 4.22. The number of sulfonamides is 1. The molecule has 0 bridgehead atoms. The van der Waals surface area contributed by atoms with Gasteiger partial charge in [-0.3, -0.25) is 0 Å². The molecule has 0 aliphatic carbocycles. The van der Waals surface area contributed by atoms with E-state index in [2.05, 4.69) is 10.0 Å². The van der Waals surface area contributed by atoms with E-state index in [4.69, 9.17) is 0 Å². The van der Waals surface area contributed by atoms with Crippen molar-refractivity contribution < 1.29 is 8.42 Å². The summed E-state index contributed by atoms with van der Waals surface area (Å²) < 4.78 is 26.5. The molecule has 0 aliphatic rings. The Kier molecular flexibility index (Phi) is 5.58. The molecule has 0 aliphatic heterocycles. The summed E-state index contributed by atoms with van der Waals surface area (Å²) in [5.41, 5.74) is 0. The lowest BCUT2D eigenvalue weighted by Gasteiger charge is -2.17. The highest BCUT2D eigenvalue weighted by Crippen LogP contribution is 2.11. The molecule has 0 radical (unpaired) electrons. The first-order chi connectivity index (χ1) is 7.95. The Bertz CT molecular complexity index is 415. The molecule has 1 aromatic heterocycles. The molecule has 0 fully saturated rings. The zero-order valence-corrected chi connectivity index (χ0v) is 12.1. The number of nitrogens with one attached hydrogen (secondary N) is 2. The maximum absolute atomic E-state index is 11.9. The van der Waals surface area contributed by atoms with Gasteiger partial charge in [-0.25, -0.2) is 13.1 Å². The molecule has 0 saturated carbocycles. The third-order valence-corrected chi connectivity index (χ3v) is 5.33. The molecular formula is C11H20N2O2S2. The van der Waals surface area contributed by atoms with Crippen molar-refractivity contribution in [1.82, 2.24) is 10.0 Å². The van der Waals surface area contributed by atoms with Gasteiger partial charge in [0.15, 0.2) is 0 Å². The molecule has 2 unspecified atom stereocenters. The normalized spacial score (nSPS) is 15.7. The first kappa shape index (κ1) is 14.6. The second-order valence-corrected chi connectivity index (χ2v) is 7.38. The summed E-state index contributed by atoms with van der Waals surface area (Å²) in [6, 6.07) is 3.93. The van der Waals surface area contributed by atoms with Gasteiger partial charge in [0.2, 0.25) is 10.0 Å². The molecule has 6 heteroatoms. The fourth-order valence-electron chi connectivity index (χ4n) is 1.57. The van der Waals surface area contributed by atoms with Crippen LogP contribution >= 0.6 is 11.3 Å². The van der Waals surface area contributed by atoms with Gasteiger partial charge in [-0.1, -0.05) is 6.07 Å². The number of rotatable bonds is 7. The zero-order chi connectivity index (χ0) is 12.9. The maximum Gasteiger partial charge on any atom is 0.215 e.